The molecule has 0 saturated heterocycles. The molecule has 0 aromatic heterocycles. The quantitative estimate of drug-likeness (QED) is 0.389. The molecule has 0 spiro atoms. The molecule has 1 nitrogen and oxygen atoms in total. The third kappa shape index (κ3) is 0.583. The Bertz CT molecular complexity index is 141. The first-order valence-corrected chi connectivity index (χ1v) is 2.93. The van der Waals surface area contributed by atoms with Gasteiger partial charge >= 0.3 is 0 Å². The largest absolute Gasteiger partial charge is 0.297 e. The average molecular weight is 131 g/mol. The molecule has 1 rings (SSSR count). The Morgan fingerprint density at radius 3 is 2.50 bits per heavy atom. The molecule has 0 heterocycles. The monoisotopic (exact) mass is 130 g/mol. The molecule has 1 aliphatic rings. The molecule has 44 valence electrons. The molecular weight excluding hydrogens is 124 g/mol. The van der Waals surface area contributed by atoms with Crippen molar-refractivity contribution in [1.82, 2.24) is 0 Å². The number of ketones is 1. The zero-order chi connectivity index (χ0) is 6.20. The lowest BCUT2D eigenvalue weighted by molar-refractivity contribution is -0.125. The van der Waals surface area contributed by atoms with E-state index in [1.807, 2.05) is 0 Å². The maximum absolute atomic E-state index is 10.6. The summed E-state index contributed by atoms with van der Waals surface area (Å²) in [5, 5.41) is 0. The van der Waals surface area contributed by atoms with Crippen molar-refractivity contribution in [3.05, 3.63) is 12.7 Å². The highest BCUT2D eigenvalue weighted by Crippen LogP contribution is 2.35. The Labute approximate surface area is 53.3 Å². The Morgan fingerprint density at radius 2 is 2.50 bits per heavy atom. The summed E-state index contributed by atoms with van der Waals surface area (Å²) in [7, 11) is 0. The molecular formula is C6H7ClO. The standard InChI is InChI=1S/C6H7ClO/c1-2-6(7)4-3-5(6)8/h2H,1,3-4H2. The summed E-state index contributed by atoms with van der Waals surface area (Å²) < 4.78 is 0. The zero-order valence-corrected chi connectivity index (χ0v) is 5.24. The normalized spacial score (nSPS) is 36.4. The van der Waals surface area contributed by atoms with Crippen LogP contribution >= 0.6 is 11.6 Å². The van der Waals surface area contributed by atoms with Crippen molar-refractivity contribution in [2.24, 2.45) is 0 Å². The fourth-order valence-corrected chi connectivity index (χ4v) is 0.871. The predicted molar refractivity (Wildman–Crippen MR) is 33.0 cm³/mol. The molecule has 1 atom stereocenters. The molecule has 0 aromatic carbocycles. The molecule has 0 aromatic rings. The first-order chi connectivity index (χ1) is 3.69. The van der Waals surface area contributed by atoms with Crippen molar-refractivity contribution < 1.29 is 4.79 Å². The van der Waals surface area contributed by atoms with Crippen LogP contribution in [-0.4, -0.2) is 10.7 Å². The molecule has 1 unspecified atom stereocenters. The van der Waals surface area contributed by atoms with Crippen LogP contribution in [0.4, 0.5) is 0 Å². The molecule has 1 saturated carbocycles. The second-order valence-electron chi connectivity index (χ2n) is 1.99. The molecule has 2 heteroatoms. The molecule has 0 radical (unpaired) electrons. The van der Waals surface area contributed by atoms with E-state index < -0.39 is 4.87 Å². The van der Waals surface area contributed by atoms with Gasteiger partial charge in [0.25, 0.3) is 0 Å². The van der Waals surface area contributed by atoms with Gasteiger partial charge in [-0.3, -0.25) is 4.79 Å². The fraction of sp³-hybridized carbons (Fsp3) is 0.500. The van der Waals surface area contributed by atoms with Crippen molar-refractivity contribution >= 4 is 17.4 Å². The Morgan fingerprint density at radius 1 is 1.88 bits per heavy atom. The first kappa shape index (κ1) is 5.83. The molecule has 1 aliphatic carbocycles. The summed E-state index contributed by atoms with van der Waals surface area (Å²) in [5.41, 5.74) is 0. The van der Waals surface area contributed by atoms with E-state index in [4.69, 9.17) is 11.6 Å². The van der Waals surface area contributed by atoms with Gasteiger partial charge in [0.05, 0.1) is 0 Å². The lowest BCUT2D eigenvalue weighted by Crippen LogP contribution is -2.40. The SMILES string of the molecule is C=CC1(Cl)CCC1=O. The van der Waals surface area contributed by atoms with Crippen LogP contribution in [-0.2, 0) is 4.79 Å². The van der Waals surface area contributed by atoms with E-state index in [0.29, 0.717) is 6.42 Å². The smallest absolute Gasteiger partial charge is 0.157 e. The maximum atomic E-state index is 10.6. The highest BCUT2D eigenvalue weighted by molar-refractivity contribution is 6.39. The first-order valence-electron chi connectivity index (χ1n) is 2.55. The second kappa shape index (κ2) is 1.59. The van der Waals surface area contributed by atoms with E-state index in [9.17, 15) is 4.79 Å². The van der Waals surface area contributed by atoms with Gasteiger partial charge in [0.1, 0.15) is 4.87 Å². The molecule has 0 aliphatic heterocycles. The van der Waals surface area contributed by atoms with Crippen LogP contribution in [0.3, 0.4) is 0 Å². The van der Waals surface area contributed by atoms with Crippen LogP contribution in [0.5, 0.6) is 0 Å². The molecule has 0 N–H and O–H groups in total. The molecule has 1 fully saturated rings. The summed E-state index contributed by atoms with van der Waals surface area (Å²) >= 11 is 5.67. The number of hydrogen-bond acceptors (Lipinski definition) is 1. The summed E-state index contributed by atoms with van der Waals surface area (Å²) in [6.07, 6.45) is 2.90. The lowest BCUT2D eigenvalue weighted by atomic mass is 9.83. The van der Waals surface area contributed by atoms with Crippen molar-refractivity contribution in [1.29, 1.82) is 0 Å². The van der Waals surface area contributed by atoms with Gasteiger partial charge < -0.3 is 0 Å². The summed E-state index contributed by atoms with van der Waals surface area (Å²) in [6, 6.07) is 0. The Kier molecular flexibility index (Phi) is 1.16. The van der Waals surface area contributed by atoms with Gasteiger partial charge in [-0.2, -0.15) is 0 Å². The van der Waals surface area contributed by atoms with Crippen LogP contribution in [0.25, 0.3) is 0 Å². The van der Waals surface area contributed by atoms with Crippen LogP contribution in [0.15, 0.2) is 12.7 Å². The number of allylic oxidation sites excluding steroid dienone is 1. The molecule has 0 amide bonds. The number of carbonyl (C=O) groups excluding carboxylic acids is 1. The predicted octanol–water partition coefficient (Wildman–Crippen LogP) is 1.51. The Balaban J connectivity index is 2.68. The van der Waals surface area contributed by atoms with Crippen molar-refractivity contribution in [2.45, 2.75) is 17.7 Å². The number of rotatable bonds is 1. The minimum absolute atomic E-state index is 0.106. The number of alkyl halides is 1. The van der Waals surface area contributed by atoms with E-state index >= 15 is 0 Å². The van der Waals surface area contributed by atoms with E-state index in [2.05, 4.69) is 6.58 Å². The third-order valence-electron chi connectivity index (χ3n) is 1.50. The number of halogens is 1. The van der Waals surface area contributed by atoms with E-state index in [1.54, 1.807) is 0 Å². The van der Waals surface area contributed by atoms with Gasteiger partial charge in [-0.15, -0.1) is 18.2 Å². The topological polar surface area (TPSA) is 17.1 Å². The number of Topliss-reactive ketones (excluding diaryl/α,β-unsaturated/α-hetero) is 1. The lowest BCUT2D eigenvalue weighted by Gasteiger charge is -2.29. The highest BCUT2D eigenvalue weighted by atomic mass is 35.5. The van der Waals surface area contributed by atoms with Gasteiger partial charge in [-0.25, -0.2) is 0 Å². The third-order valence-corrected chi connectivity index (χ3v) is 2.06. The van der Waals surface area contributed by atoms with Gasteiger partial charge in [-0.1, -0.05) is 6.08 Å². The zero-order valence-electron chi connectivity index (χ0n) is 4.48. The Hall–Kier alpha value is -0.300. The minimum Gasteiger partial charge on any atom is -0.297 e. The van der Waals surface area contributed by atoms with E-state index in [0.717, 1.165) is 6.42 Å². The molecule has 8 heavy (non-hydrogen) atoms. The summed E-state index contributed by atoms with van der Waals surface area (Å²) in [6.45, 7) is 3.45. The summed E-state index contributed by atoms with van der Waals surface area (Å²) in [4.78, 5) is 9.90. The van der Waals surface area contributed by atoms with E-state index in [-0.39, 0.29) is 5.78 Å². The van der Waals surface area contributed by atoms with Crippen LogP contribution in [0, 0.1) is 0 Å². The van der Waals surface area contributed by atoms with Crippen LogP contribution < -0.4 is 0 Å². The van der Waals surface area contributed by atoms with Crippen LogP contribution in [0.1, 0.15) is 12.8 Å². The highest BCUT2D eigenvalue weighted by Gasteiger charge is 2.40. The maximum Gasteiger partial charge on any atom is 0.157 e. The van der Waals surface area contributed by atoms with Crippen molar-refractivity contribution in [3.63, 3.8) is 0 Å². The summed E-state index contributed by atoms with van der Waals surface area (Å²) in [5.74, 6) is 0.106. The van der Waals surface area contributed by atoms with Crippen molar-refractivity contribution in [3.8, 4) is 0 Å². The fourth-order valence-electron chi connectivity index (χ4n) is 0.682. The van der Waals surface area contributed by atoms with Gasteiger partial charge in [-0.05, 0) is 6.42 Å². The second-order valence-corrected chi connectivity index (χ2v) is 2.66. The average Bonchev–Trinajstić information content (AvgIpc) is 1.83. The van der Waals surface area contributed by atoms with E-state index in [1.165, 1.54) is 6.08 Å². The number of carbonyl (C=O) groups is 1. The van der Waals surface area contributed by atoms with Gasteiger partial charge in [0.2, 0.25) is 0 Å². The molecule has 0 bridgehead atoms. The van der Waals surface area contributed by atoms with Gasteiger partial charge in [0, 0.05) is 6.42 Å². The number of hydrogen-bond donors (Lipinski definition) is 0. The van der Waals surface area contributed by atoms with Gasteiger partial charge in [0.15, 0.2) is 5.78 Å². The van der Waals surface area contributed by atoms with Crippen molar-refractivity contribution in [2.75, 3.05) is 0 Å². The minimum atomic E-state index is -0.681. The van der Waals surface area contributed by atoms with Crippen LogP contribution in [0.2, 0.25) is 0 Å².